The predicted molar refractivity (Wildman–Crippen MR) is 78.8 cm³/mol. The lowest BCUT2D eigenvalue weighted by molar-refractivity contribution is -0.118. The van der Waals surface area contributed by atoms with Crippen LogP contribution in [0, 0.1) is 5.92 Å². The van der Waals surface area contributed by atoms with Gasteiger partial charge < -0.3 is 11.1 Å². The second-order valence-electron chi connectivity index (χ2n) is 5.07. The quantitative estimate of drug-likeness (QED) is 0.843. The summed E-state index contributed by atoms with van der Waals surface area (Å²) in [4.78, 5) is 12.0. The second kappa shape index (κ2) is 6.34. The first-order valence-corrected chi connectivity index (χ1v) is 7.69. The Morgan fingerprint density at radius 1 is 1.30 bits per heavy atom. The molecule has 1 amide bonds. The summed E-state index contributed by atoms with van der Waals surface area (Å²) in [6.07, 6.45) is 0. The van der Waals surface area contributed by atoms with Crippen LogP contribution < -0.4 is 11.1 Å². The van der Waals surface area contributed by atoms with E-state index in [1.54, 1.807) is 12.1 Å². The van der Waals surface area contributed by atoms with E-state index in [0.29, 0.717) is 5.69 Å². The van der Waals surface area contributed by atoms with Gasteiger partial charge in [0.15, 0.2) is 0 Å². The third-order valence-corrected chi connectivity index (χ3v) is 4.71. The van der Waals surface area contributed by atoms with Crippen molar-refractivity contribution in [3.05, 3.63) is 24.3 Å². The van der Waals surface area contributed by atoms with E-state index in [-0.39, 0.29) is 16.7 Å². The zero-order valence-corrected chi connectivity index (χ0v) is 12.9. The number of nitrogens with zero attached hydrogens (tertiary/aromatic N) is 1. The topological polar surface area (TPSA) is 92.5 Å². The van der Waals surface area contributed by atoms with Crippen molar-refractivity contribution in [2.45, 2.75) is 24.8 Å². The highest BCUT2D eigenvalue weighted by Gasteiger charge is 2.20. The summed E-state index contributed by atoms with van der Waals surface area (Å²) in [5.41, 5.74) is 6.15. The Hall–Kier alpha value is -1.44. The van der Waals surface area contributed by atoms with Gasteiger partial charge in [0.2, 0.25) is 15.9 Å². The monoisotopic (exact) mass is 299 g/mol. The SMILES string of the molecule is CC(C)[C@H](N)C(=O)Nc1cccc(S(=O)(=O)N(C)C)c1. The highest BCUT2D eigenvalue weighted by atomic mass is 32.2. The van der Waals surface area contributed by atoms with E-state index in [9.17, 15) is 13.2 Å². The molecule has 0 aliphatic carbocycles. The van der Waals surface area contributed by atoms with Crippen molar-refractivity contribution in [2.24, 2.45) is 11.7 Å². The van der Waals surface area contributed by atoms with Gasteiger partial charge in [-0.15, -0.1) is 0 Å². The van der Waals surface area contributed by atoms with E-state index in [1.165, 1.54) is 26.2 Å². The zero-order valence-electron chi connectivity index (χ0n) is 12.1. The molecule has 0 bridgehead atoms. The van der Waals surface area contributed by atoms with E-state index >= 15 is 0 Å². The first-order valence-electron chi connectivity index (χ1n) is 6.25. The van der Waals surface area contributed by atoms with Gasteiger partial charge in [-0.25, -0.2) is 12.7 Å². The third-order valence-electron chi connectivity index (χ3n) is 2.90. The molecule has 1 aromatic rings. The van der Waals surface area contributed by atoms with Crippen molar-refractivity contribution < 1.29 is 13.2 Å². The van der Waals surface area contributed by atoms with Crippen molar-refractivity contribution in [3.63, 3.8) is 0 Å². The van der Waals surface area contributed by atoms with Crippen molar-refractivity contribution in [1.29, 1.82) is 0 Å². The fourth-order valence-electron chi connectivity index (χ4n) is 1.47. The summed E-state index contributed by atoms with van der Waals surface area (Å²) in [6.45, 7) is 3.69. The molecule has 3 N–H and O–H groups in total. The van der Waals surface area contributed by atoms with Crippen LogP contribution in [0.3, 0.4) is 0 Å². The molecule has 0 saturated carbocycles. The van der Waals surface area contributed by atoms with Gasteiger partial charge in [0.1, 0.15) is 0 Å². The van der Waals surface area contributed by atoms with Crippen molar-refractivity contribution >= 4 is 21.6 Å². The molecule has 0 spiro atoms. The number of sulfonamides is 1. The Morgan fingerprint density at radius 3 is 2.40 bits per heavy atom. The van der Waals surface area contributed by atoms with Crippen molar-refractivity contribution in [2.75, 3.05) is 19.4 Å². The minimum atomic E-state index is -3.52. The largest absolute Gasteiger partial charge is 0.325 e. The van der Waals surface area contributed by atoms with Crippen LogP contribution >= 0.6 is 0 Å². The molecule has 0 saturated heterocycles. The molecule has 0 radical (unpaired) electrons. The molecule has 0 aromatic heterocycles. The standard InChI is InChI=1S/C13H21N3O3S/c1-9(2)12(14)13(17)15-10-6-5-7-11(8-10)20(18,19)16(3)4/h5-9,12H,14H2,1-4H3,(H,15,17)/t12-/m0/s1. The maximum Gasteiger partial charge on any atom is 0.242 e. The summed E-state index contributed by atoms with van der Waals surface area (Å²) < 4.78 is 25.1. The Labute approximate surface area is 120 Å². The molecule has 1 rings (SSSR count). The molecular formula is C13H21N3O3S. The molecule has 0 aliphatic rings. The molecule has 1 aromatic carbocycles. The number of hydrogen-bond donors (Lipinski definition) is 2. The van der Waals surface area contributed by atoms with Gasteiger partial charge in [-0.1, -0.05) is 19.9 Å². The number of carbonyl (C=O) groups is 1. The Balaban J connectivity index is 2.98. The highest BCUT2D eigenvalue weighted by molar-refractivity contribution is 7.89. The van der Waals surface area contributed by atoms with Gasteiger partial charge in [-0.05, 0) is 24.1 Å². The molecule has 0 aliphatic heterocycles. The first kappa shape index (κ1) is 16.6. The van der Waals surface area contributed by atoms with Crippen LogP contribution in [0.2, 0.25) is 0 Å². The van der Waals surface area contributed by atoms with Crippen LogP contribution in [0.25, 0.3) is 0 Å². The van der Waals surface area contributed by atoms with Crippen LogP contribution in [0.15, 0.2) is 29.2 Å². The molecule has 112 valence electrons. The number of rotatable bonds is 5. The zero-order chi connectivity index (χ0) is 15.5. The number of nitrogens with one attached hydrogen (secondary N) is 1. The highest BCUT2D eigenvalue weighted by Crippen LogP contribution is 2.18. The van der Waals surface area contributed by atoms with Gasteiger partial charge in [0, 0.05) is 19.8 Å². The molecule has 0 fully saturated rings. The van der Waals surface area contributed by atoms with Crippen LogP contribution in [0.1, 0.15) is 13.8 Å². The maximum absolute atomic E-state index is 12.0. The molecule has 0 unspecified atom stereocenters. The van der Waals surface area contributed by atoms with Crippen molar-refractivity contribution in [1.82, 2.24) is 4.31 Å². The summed E-state index contributed by atoms with van der Waals surface area (Å²) in [7, 11) is -0.614. The smallest absolute Gasteiger partial charge is 0.242 e. The lowest BCUT2D eigenvalue weighted by atomic mass is 10.1. The Kier molecular flexibility index (Phi) is 5.27. The van der Waals surface area contributed by atoms with Gasteiger partial charge in [-0.3, -0.25) is 4.79 Å². The fourth-order valence-corrected chi connectivity index (χ4v) is 2.42. The van der Waals surface area contributed by atoms with Crippen LogP contribution in [0.5, 0.6) is 0 Å². The molecule has 1 atom stereocenters. The van der Waals surface area contributed by atoms with E-state index < -0.39 is 16.1 Å². The number of carbonyl (C=O) groups excluding carboxylic acids is 1. The Bertz CT molecular complexity index is 582. The van der Waals surface area contributed by atoms with Crippen molar-refractivity contribution in [3.8, 4) is 0 Å². The first-order chi connectivity index (χ1) is 9.16. The molecule has 6 nitrogen and oxygen atoms in total. The molecule has 20 heavy (non-hydrogen) atoms. The molecule has 7 heteroatoms. The molecular weight excluding hydrogens is 278 g/mol. The number of nitrogens with two attached hydrogens (primary N) is 1. The minimum Gasteiger partial charge on any atom is -0.325 e. The normalized spacial score (nSPS) is 13.6. The fraction of sp³-hybridized carbons (Fsp3) is 0.462. The van der Waals surface area contributed by atoms with Gasteiger partial charge >= 0.3 is 0 Å². The average molecular weight is 299 g/mol. The van der Waals surface area contributed by atoms with Gasteiger partial charge in [0.25, 0.3) is 0 Å². The van der Waals surface area contributed by atoms with Gasteiger partial charge in [0.05, 0.1) is 10.9 Å². The summed E-state index contributed by atoms with van der Waals surface area (Å²) in [5.74, 6) is -0.330. The number of benzene rings is 1. The maximum atomic E-state index is 12.0. The van der Waals surface area contributed by atoms with Crippen LogP contribution in [-0.4, -0.2) is 38.8 Å². The van der Waals surface area contributed by atoms with Crippen LogP contribution in [-0.2, 0) is 14.8 Å². The Morgan fingerprint density at radius 2 is 1.90 bits per heavy atom. The lowest BCUT2D eigenvalue weighted by Gasteiger charge is -2.16. The van der Waals surface area contributed by atoms with E-state index in [0.717, 1.165) is 4.31 Å². The number of amides is 1. The summed E-state index contributed by atoms with van der Waals surface area (Å²) in [5, 5.41) is 2.63. The average Bonchev–Trinajstić information content (AvgIpc) is 2.37. The summed E-state index contributed by atoms with van der Waals surface area (Å²) >= 11 is 0. The van der Waals surface area contributed by atoms with Crippen LogP contribution in [0.4, 0.5) is 5.69 Å². The second-order valence-corrected chi connectivity index (χ2v) is 7.23. The lowest BCUT2D eigenvalue weighted by Crippen LogP contribution is -2.39. The van der Waals surface area contributed by atoms with E-state index in [2.05, 4.69) is 5.32 Å². The third kappa shape index (κ3) is 3.78. The van der Waals surface area contributed by atoms with E-state index in [1.807, 2.05) is 13.8 Å². The predicted octanol–water partition coefficient (Wildman–Crippen LogP) is 0.859. The summed E-state index contributed by atoms with van der Waals surface area (Å²) in [6, 6.07) is 5.46. The molecule has 0 heterocycles. The number of hydrogen-bond acceptors (Lipinski definition) is 4. The van der Waals surface area contributed by atoms with Gasteiger partial charge in [-0.2, -0.15) is 0 Å². The minimum absolute atomic E-state index is 0.00342. The van der Waals surface area contributed by atoms with E-state index in [4.69, 9.17) is 5.73 Å². The number of anilines is 1.